The minimum Gasteiger partial charge on any atom is -0.309 e. The average molecular weight is 456 g/mol. The Balaban J connectivity index is 2.10. The fourth-order valence-corrected chi connectivity index (χ4v) is 6.20. The van der Waals surface area contributed by atoms with E-state index in [2.05, 4.69) is 0 Å². The Kier molecular flexibility index (Phi) is 7.15. The number of hydrogen-bond donors (Lipinski definition) is 0. The molecule has 7 nitrogen and oxygen atoms in total. The van der Waals surface area contributed by atoms with Crippen LogP contribution in [0.5, 0.6) is 0 Å². The van der Waals surface area contributed by atoms with E-state index in [1.54, 1.807) is 24.3 Å². The molecular formula is C23H22FN2O5P. The van der Waals surface area contributed by atoms with Crippen LogP contribution < -0.4 is 15.9 Å². The maximum absolute atomic E-state index is 14.5. The SMILES string of the molecule is CC(F)CCCc1ccc(P(=O)(c2cccc([N+](=O)[O-])c2)c2cccc([N+](=O)[O-])c2)cc1. The fourth-order valence-electron chi connectivity index (χ4n) is 3.51. The highest BCUT2D eigenvalue weighted by Gasteiger charge is 2.32. The molecule has 0 aliphatic carbocycles. The van der Waals surface area contributed by atoms with Crippen molar-refractivity contribution in [3.63, 3.8) is 0 Å². The molecule has 0 radical (unpaired) electrons. The molecule has 3 aromatic carbocycles. The van der Waals surface area contributed by atoms with E-state index in [4.69, 9.17) is 0 Å². The second kappa shape index (κ2) is 9.83. The molecular weight excluding hydrogens is 434 g/mol. The Morgan fingerprint density at radius 3 is 1.78 bits per heavy atom. The lowest BCUT2D eigenvalue weighted by Crippen LogP contribution is -2.25. The predicted octanol–water partition coefficient (Wildman–Crippen LogP) is 4.82. The van der Waals surface area contributed by atoms with E-state index in [-0.39, 0.29) is 22.0 Å². The number of benzene rings is 3. The molecule has 1 unspecified atom stereocenters. The molecule has 9 heteroatoms. The second-order valence-corrected chi connectivity index (χ2v) is 10.3. The van der Waals surface area contributed by atoms with Gasteiger partial charge < -0.3 is 4.57 Å². The van der Waals surface area contributed by atoms with Crippen LogP contribution in [0.3, 0.4) is 0 Å². The first-order valence-corrected chi connectivity index (χ1v) is 11.8. The Morgan fingerprint density at radius 1 is 0.844 bits per heavy atom. The van der Waals surface area contributed by atoms with Crippen LogP contribution in [0.4, 0.5) is 15.8 Å². The lowest BCUT2D eigenvalue weighted by Gasteiger charge is -2.20. The zero-order valence-corrected chi connectivity index (χ0v) is 18.3. The van der Waals surface area contributed by atoms with Crippen molar-refractivity contribution in [3.05, 3.63) is 98.6 Å². The molecule has 166 valence electrons. The van der Waals surface area contributed by atoms with Crippen LogP contribution in [0.1, 0.15) is 25.3 Å². The fraction of sp³-hybridized carbons (Fsp3) is 0.217. The zero-order valence-electron chi connectivity index (χ0n) is 17.4. The summed E-state index contributed by atoms with van der Waals surface area (Å²) in [4.78, 5) is 21.4. The average Bonchev–Trinajstić information content (AvgIpc) is 2.79. The van der Waals surface area contributed by atoms with Gasteiger partial charge >= 0.3 is 0 Å². The highest BCUT2D eigenvalue weighted by atomic mass is 31.2. The van der Waals surface area contributed by atoms with Crippen LogP contribution in [-0.2, 0) is 11.0 Å². The van der Waals surface area contributed by atoms with Gasteiger partial charge in [0.25, 0.3) is 11.4 Å². The van der Waals surface area contributed by atoms with Gasteiger partial charge in [0, 0.05) is 40.2 Å². The summed E-state index contributed by atoms with van der Waals surface area (Å²) in [6.45, 7) is 1.51. The highest BCUT2D eigenvalue weighted by Crippen LogP contribution is 2.43. The smallest absolute Gasteiger partial charge is 0.270 e. The molecule has 0 aromatic heterocycles. The van der Waals surface area contributed by atoms with Crippen LogP contribution in [0, 0.1) is 20.2 Å². The van der Waals surface area contributed by atoms with Crippen molar-refractivity contribution in [2.45, 2.75) is 32.4 Å². The van der Waals surface area contributed by atoms with Crippen LogP contribution in [0.15, 0.2) is 72.8 Å². The van der Waals surface area contributed by atoms with E-state index in [1.807, 2.05) is 0 Å². The molecule has 1 atom stereocenters. The van der Waals surface area contributed by atoms with Crippen LogP contribution >= 0.6 is 7.14 Å². The summed E-state index contributed by atoms with van der Waals surface area (Å²) in [5.74, 6) is 0. The van der Waals surface area contributed by atoms with Crippen molar-refractivity contribution in [2.24, 2.45) is 0 Å². The molecule has 0 spiro atoms. The number of nitro groups is 2. The first-order valence-electron chi connectivity index (χ1n) is 10.1. The molecule has 0 saturated heterocycles. The van der Waals surface area contributed by atoms with Gasteiger partial charge in [-0.3, -0.25) is 20.2 Å². The summed E-state index contributed by atoms with van der Waals surface area (Å²) in [5.41, 5.74) is 0.509. The van der Waals surface area contributed by atoms with Crippen LogP contribution in [0.2, 0.25) is 0 Å². The summed E-state index contributed by atoms with van der Waals surface area (Å²) < 4.78 is 27.5. The summed E-state index contributed by atoms with van der Waals surface area (Å²) in [7, 11) is -3.64. The van der Waals surface area contributed by atoms with Gasteiger partial charge in [0.2, 0.25) is 0 Å². The standard InChI is InChI=1S/C23H22FN2O5P/c1-17(24)5-2-6-18-11-13-21(14-12-18)32(31,22-9-3-7-19(15-22)25(27)28)23-10-4-8-20(16-23)26(29)30/h3-4,7-17H,2,5-6H2,1H3. The first-order chi connectivity index (χ1) is 15.2. The molecule has 0 amide bonds. The molecule has 0 saturated carbocycles. The molecule has 0 fully saturated rings. The van der Waals surface area contributed by atoms with E-state index >= 15 is 0 Å². The summed E-state index contributed by atoms with van der Waals surface area (Å²) >= 11 is 0. The largest absolute Gasteiger partial charge is 0.309 e. The molecule has 0 aliphatic heterocycles. The number of hydrogen-bond acceptors (Lipinski definition) is 5. The number of alkyl halides is 1. The summed E-state index contributed by atoms with van der Waals surface area (Å²) in [6.07, 6.45) is 0.899. The molecule has 32 heavy (non-hydrogen) atoms. The first kappa shape index (κ1) is 23.3. The van der Waals surface area contributed by atoms with Gasteiger partial charge in [-0.05, 0) is 31.7 Å². The molecule has 3 rings (SSSR count). The van der Waals surface area contributed by atoms with Crippen molar-refractivity contribution < 1.29 is 18.8 Å². The lowest BCUT2D eigenvalue weighted by molar-refractivity contribution is -0.384. The summed E-state index contributed by atoms with van der Waals surface area (Å²) in [6, 6.07) is 18.0. The van der Waals surface area contributed by atoms with Gasteiger partial charge in [-0.1, -0.05) is 48.5 Å². The maximum Gasteiger partial charge on any atom is 0.270 e. The van der Waals surface area contributed by atoms with Gasteiger partial charge in [0.1, 0.15) is 0 Å². The highest BCUT2D eigenvalue weighted by molar-refractivity contribution is 7.85. The summed E-state index contributed by atoms with van der Waals surface area (Å²) in [5, 5.41) is 23.4. The van der Waals surface area contributed by atoms with Crippen LogP contribution in [-0.4, -0.2) is 16.0 Å². The van der Waals surface area contributed by atoms with Crippen molar-refractivity contribution in [1.82, 2.24) is 0 Å². The van der Waals surface area contributed by atoms with Gasteiger partial charge in [-0.15, -0.1) is 0 Å². The third-order valence-electron chi connectivity index (χ3n) is 5.18. The van der Waals surface area contributed by atoms with Crippen molar-refractivity contribution >= 4 is 34.4 Å². The molecule has 3 aromatic rings. The van der Waals surface area contributed by atoms with Crippen molar-refractivity contribution in [1.29, 1.82) is 0 Å². The number of non-ortho nitro benzene ring substituents is 2. The Morgan fingerprint density at radius 2 is 1.34 bits per heavy atom. The number of rotatable bonds is 9. The topological polar surface area (TPSA) is 103 Å². The number of nitro benzene ring substituents is 2. The molecule has 0 heterocycles. The number of nitrogens with zero attached hydrogens (tertiary/aromatic N) is 2. The molecule has 0 aliphatic rings. The second-order valence-electron chi connectivity index (χ2n) is 7.50. The zero-order chi connectivity index (χ0) is 23.3. The van der Waals surface area contributed by atoms with E-state index < -0.39 is 23.2 Å². The third kappa shape index (κ3) is 5.08. The lowest BCUT2D eigenvalue weighted by atomic mass is 10.1. The number of aryl methyl sites for hydroxylation is 1. The Labute approximate surface area is 184 Å². The van der Waals surface area contributed by atoms with Crippen molar-refractivity contribution in [3.8, 4) is 0 Å². The molecule has 0 bridgehead atoms. The molecule has 0 N–H and O–H groups in total. The van der Waals surface area contributed by atoms with Gasteiger partial charge in [0.05, 0.1) is 16.0 Å². The van der Waals surface area contributed by atoms with Crippen molar-refractivity contribution in [2.75, 3.05) is 0 Å². The quantitative estimate of drug-likeness (QED) is 0.261. The van der Waals surface area contributed by atoms with Gasteiger partial charge in [0.15, 0.2) is 7.14 Å². The third-order valence-corrected chi connectivity index (χ3v) is 8.21. The minimum atomic E-state index is -3.64. The monoisotopic (exact) mass is 456 g/mol. The van der Waals surface area contributed by atoms with E-state index in [0.717, 1.165) is 5.56 Å². The van der Waals surface area contributed by atoms with E-state index in [1.165, 1.54) is 55.5 Å². The maximum atomic E-state index is 14.5. The Bertz CT molecular complexity index is 1120. The predicted molar refractivity (Wildman–Crippen MR) is 123 cm³/mol. The minimum absolute atomic E-state index is 0.214. The van der Waals surface area contributed by atoms with Gasteiger partial charge in [-0.25, -0.2) is 4.39 Å². The van der Waals surface area contributed by atoms with E-state index in [9.17, 15) is 29.2 Å². The van der Waals surface area contributed by atoms with Gasteiger partial charge in [-0.2, -0.15) is 0 Å². The van der Waals surface area contributed by atoms with Crippen LogP contribution in [0.25, 0.3) is 0 Å². The Hall–Kier alpha value is -3.38. The number of halogens is 1. The van der Waals surface area contributed by atoms with E-state index in [0.29, 0.717) is 24.6 Å². The normalized spacial score (nSPS) is 12.3.